The Hall–Kier alpha value is -6.18. The Morgan fingerprint density at radius 3 is 1.88 bits per heavy atom. The Kier molecular flexibility index (Phi) is 7.10. The minimum absolute atomic E-state index is 0.112. The van der Waals surface area contributed by atoms with E-state index in [1.54, 1.807) is 11.1 Å². The van der Waals surface area contributed by atoms with Crippen molar-refractivity contribution in [1.82, 2.24) is 0 Å². The van der Waals surface area contributed by atoms with Gasteiger partial charge < -0.3 is 4.90 Å². The van der Waals surface area contributed by atoms with Gasteiger partial charge in [0, 0.05) is 27.8 Å². The summed E-state index contributed by atoms with van der Waals surface area (Å²) in [7, 11) is 0. The molecule has 14 rings (SSSR count). The minimum atomic E-state index is -0.281. The molecule has 0 amide bonds. The summed E-state index contributed by atoms with van der Waals surface area (Å²) in [5, 5.41) is 2.87. The summed E-state index contributed by atoms with van der Waals surface area (Å²) >= 11 is 0. The molecule has 4 saturated carbocycles. The highest BCUT2D eigenvalue weighted by atomic mass is 15.1. The molecule has 1 heteroatoms. The van der Waals surface area contributed by atoms with Crippen LogP contribution in [0.4, 0.5) is 17.1 Å². The number of anilines is 3. The Bertz CT molecular complexity index is 2950. The molecular weight excluding hydrogens is 711 g/mol. The van der Waals surface area contributed by atoms with Crippen molar-refractivity contribution < 1.29 is 0 Å². The van der Waals surface area contributed by atoms with Gasteiger partial charge in [0.2, 0.25) is 0 Å². The van der Waals surface area contributed by atoms with Crippen LogP contribution >= 0.6 is 0 Å². The van der Waals surface area contributed by atoms with Crippen molar-refractivity contribution in [3.63, 3.8) is 0 Å². The minimum Gasteiger partial charge on any atom is -0.310 e. The average molecular weight is 758 g/mol. The molecule has 284 valence electrons. The third-order valence-corrected chi connectivity index (χ3v) is 15.9. The first-order valence-electron chi connectivity index (χ1n) is 22.0. The van der Waals surface area contributed by atoms with Crippen LogP contribution in [0.3, 0.4) is 0 Å². The van der Waals surface area contributed by atoms with Crippen molar-refractivity contribution >= 4 is 27.8 Å². The van der Waals surface area contributed by atoms with Crippen LogP contribution < -0.4 is 4.90 Å². The predicted octanol–water partition coefficient (Wildman–Crippen LogP) is 15.0. The molecule has 4 fully saturated rings. The van der Waals surface area contributed by atoms with Crippen LogP contribution in [0.15, 0.2) is 182 Å². The molecule has 1 atom stereocenters. The fourth-order valence-corrected chi connectivity index (χ4v) is 13.8. The Morgan fingerprint density at radius 1 is 0.441 bits per heavy atom. The maximum Gasteiger partial charge on any atom is 0.0540 e. The van der Waals surface area contributed by atoms with Crippen molar-refractivity contribution in [3.05, 3.63) is 210 Å². The second-order valence-electron chi connectivity index (χ2n) is 18.6. The van der Waals surface area contributed by atoms with Gasteiger partial charge >= 0.3 is 0 Å². The second-order valence-corrected chi connectivity index (χ2v) is 18.6. The van der Waals surface area contributed by atoms with E-state index < -0.39 is 0 Å². The number of benzene rings is 8. The van der Waals surface area contributed by atoms with Crippen molar-refractivity contribution in [3.8, 4) is 33.4 Å². The standard InChI is InChI=1S/C58H47N/c1-57(41-15-4-2-5-16-41)52-22-12-10-21-48(52)49-28-26-45(36-54(49)57)59(44-17-6-3-7-18-44)55-23-13-11-19-46(55)40-25-29-53-51(35-40)50-27-24-39-14-8-9-20-47(39)56(50)58(53)42-31-37-30-38(33-42)34-43(58)32-37/h2-29,35-38,42-43H,30-34H2,1H3. The zero-order valence-corrected chi connectivity index (χ0v) is 33.6. The van der Waals surface area contributed by atoms with Crippen molar-refractivity contribution in [2.45, 2.75) is 49.9 Å². The van der Waals surface area contributed by atoms with Gasteiger partial charge in [-0.1, -0.05) is 146 Å². The molecule has 0 N–H and O–H groups in total. The van der Waals surface area contributed by atoms with Crippen LogP contribution in [0.25, 0.3) is 44.2 Å². The van der Waals surface area contributed by atoms with Gasteiger partial charge in [-0.15, -0.1) is 0 Å². The maximum absolute atomic E-state index is 2.59. The lowest BCUT2D eigenvalue weighted by Gasteiger charge is -2.61. The van der Waals surface area contributed by atoms with Gasteiger partial charge in [0.25, 0.3) is 0 Å². The maximum atomic E-state index is 2.59. The normalized spacial score (nSPS) is 25.2. The first-order valence-corrected chi connectivity index (χ1v) is 22.0. The van der Waals surface area contributed by atoms with Gasteiger partial charge in [-0.05, 0) is 166 Å². The SMILES string of the molecule is CC1(c2ccccc2)c2ccccc2-c2ccc(N(c3ccccc3)c3ccccc3-c3ccc4c(c3)-c3ccc5ccccc5c3C43C4CC5CC(C4)CC3C5)cc21. The molecule has 1 nitrogen and oxygen atoms in total. The molecule has 0 aromatic heterocycles. The van der Waals surface area contributed by atoms with Crippen LogP contribution in [0.2, 0.25) is 0 Å². The van der Waals surface area contributed by atoms with E-state index in [2.05, 4.69) is 194 Å². The molecule has 8 aromatic carbocycles. The monoisotopic (exact) mass is 757 g/mol. The quantitative estimate of drug-likeness (QED) is 0.169. The zero-order valence-electron chi connectivity index (χ0n) is 33.6. The van der Waals surface area contributed by atoms with E-state index in [1.165, 1.54) is 104 Å². The molecule has 0 heterocycles. The van der Waals surface area contributed by atoms with Crippen LogP contribution in [-0.4, -0.2) is 0 Å². The van der Waals surface area contributed by atoms with Gasteiger partial charge in [-0.3, -0.25) is 0 Å². The van der Waals surface area contributed by atoms with E-state index in [0.29, 0.717) is 0 Å². The first-order chi connectivity index (χ1) is 29.1. The van der Waals surface area contributed by atoms with E-state index in [4.69, 9.17) is 0 Å². The molecule has 1 unspecified atom stereocenters. The topological polar surface area (TPSA) is 3.24 Å². The molecule has 8 aromatic rings. The summed E-state index contributed by atoms with van der Waals surface area (Å²) in [6.07, 6.45) is 7.03. The summed E-state index contributed by atoms with van der Waals surface area (Å²) < 4.78 is 0. The van der Waals surface area contributed by atoms with Gasteiger partial charge in [-0.25, -0.2) is 0 Å². The summed E-state index contributed by atoms with van der Waals surface area (Å²) in [6, 6.07) is 69.1. The highest BCUT2D eigenvalue weighted by molar-refractivity contribution is 6.00. The fourth-order valence-electron chi connectivity index (χ4n) is 13.8. The lowest BCUT2D eigenvalue weighted by molar-refractivity contribution is -0.0393. The molecular formula is C58H47N. The third kappa shape index (κ3) is 4.57. The lowest BCUT2D eigenvalue weighted by Crippen LogP contribution is -2.55. The molecule has 6 aliphatic rings. The summed E-state index contributed by atoms with van der Waals surface area (Å²) in [5.74, 6) is 3.28. The van der Waals surface area contributed by atoms with Crippen molar-refractivity contribution in [2.75, 3.05) is 4.90 Å². The molecule has 0 saturated heterocycles. The highest BCUT2D eigenvalue weighted by Crippen LogP contribution is 2.70. The predicted molar refractivity (Wildman–Crippen MR) is 245 cm³/mol. The Labute approximate surface area is 348 Å². The molecule has 0 radical (unpaired) electrons. The number of hydrogen-bond donors (Lipinski definition) is 0. The molecule has 6 aliphatic carbocycles. The smallest absolute Gasteiger partial charge is 0.0540 e. The summed E-state index contributed by atoms with van der Waals surface area (Å²) in [4.78, 5) is 2.50. The van der Waals surface area contributed by atoms with E-state index in [-0.39, 0.29) is 10.8 Å². The largest absolute Gasteiger partial charge is 0.310 e. The van der Waals surface area contributed by atoms with Gasteiger partial charge in [0.05, 0.1) is 5.69 Å². The highest BCUT2D eigenvalue weighted by Gasteiger charge is 2.62. The number of hydrogen-bond acceptors (Lipinski definition) is 1. The van der Waals surface area contributed by atoms with E-state index in [0.717, 1.165) is 29.4 Å². The first kappa shape index (κ1) is 33.8. The summed E-state index contributed by atoms with van der Waals surface area (Å²) in [6.45, 7) is 2.42. The van der Waals surface area contributed by atoms with Gasteiger partial charge in [0.1, 0.15) is 0 Å². The zero-order chi connectivity index (χ0) is 38.9. The van der Waals surface area contributed by atoms with E-state index in [1.807, 2.05) is 0 Å². The average Bonchev–Trinajstić information content (AvgIpc) is 3.73. The lowest BCUT2D eigenvalue weighted by atomic mass is 9.43. The third-order valence-electron chi connectivity index (χ3n) is 15.9. The van der Waals surface area contributed by atoms with Crippen LogP contribution in [0, 0.1) is 23.7 Å². The fraction of sp³-hybridized carbons (Fsp3) is 0.207. The number of para-hydroxylation sites is 2. The van der Waals surface area contributed by atoms with Gasteiger partial charge in [-0.2, -0.15) is 0 Å². The Balaban J connectivity index is 1.00. The molecule has 0 aliphatic heterocycles. The molecule has 1 spiro atoms. The van der Waals surface area contributed by atoms with Crippen LogP contribution in [0.5, 0.6) is 0 Å². The van der Waals surface area contributed by atoms with Crippen LogP contribution in [0.1, 0.15) is 66.8 Å². The number of fused-ring (bicyclic) bond motifs is 8. The summed E-state index contributed by atoms with van der Waals surface area (Å²) in [5.41, 5.74) is 18.8. The molecule has 4 bridgehead atoms. The van der Waals surface area contributed by atoms with Crippen LogP contribution in [-0.2, 0) is 10.8 Å². The Morgan fingerprint density at radius 2 is 1.08 bits per heavy atom. The molecule has 59 heavy (non-hydrogen) atoms. The number of rotatable bonds is 5. The second kappa shape index (κ2) is 12.4. The van der Waals surface area contributed by atoms with E-state index >= 15 is 0 Å². The van der Waals surface area contributed by atoms with Crippen molar-refractivity contribution in [2.24, 2.45) is 23.7 Å². The number of nitrogens with zero attached hydrogens (tertiary/aromatic N) is 1. The van der Waals surface area contributed by atoms with Crippen molar-refractivity contribution in [1.29, 1.82) is 0 Å². The van der Waals surface area contributed by atoms with E-state index in [9.17, 15) is 0 Å². The van der Waals surface area contributed by atoms with Gasteiger partial charge in [0.15, 0.2) is 0 Å².